The number of nitrogens with zero attached hydrogens (tertiary/aromatic N) is 3. The highest BCUT2D eigenvalue weighted by Crippen LogP contribution is 2.29. The molecule has 0 saturated heterocycles. The van der Waals surface area contributed by atoms with Crippen molar-refractivity contribution in [2.24, 2.45) is 7.05 Å². The third-order valence-corrected chi connectivity index (χ3v) is 5.47. The second kappa shape index (κ2) is 8.28. The van der Waals surface area contributed by atoms with Gasteiger partial charge >= 0.3 is 5.97 Å². The highest BCUT2D eigenvalue weighted by Gasteiger charge is 2.27. The lowest BCUT2D eigenvalue weighted by Crippen LogP contribution is -2.34. The van der Waals surface area contributed by atoms with E-state index in [9.17, 15) is 19.8 Å². The van der Waals surface area contributed by atoms with Gasteiger partial charge in [0.15, 0.2) is 5.69 Å². The van der Waals surface area contributed by atoms with E-state index in [-0.39, 0.29) is 23.0 Å². The van der Waals surface area contributed by atoms with Gasteiger partial charge in [-0.05, 0) is 37.6 Å². The summed E-state index contributed by atoms with van der Waals surface area (Å²) in [5, 5.41) is 23.0. The molecule has 0 amide bonds. The van der Waals surface area contributed by atoms with Crippen molar-refractivity contribution in [3.8, 4) is 0 Å². The first-order chi connectivity index (χ1) is 14.5. The van der Waals surface area contributed by atoms with Crippen molar-refractivity contribution in [3.05, 3.63) is 62.4 Å². The predicted molar refractivity (Wildman–Crippen MR) is 120 cm³/mol. The molecule has 9 heteroatoms. The Balaban J connectivity index is 2.20. The van der Waals surface area contributed by atoms with Crippen LogP contribution in [0.25, 0.3) is 10.9 Å². The van der Waals surface area contributed by atoms with Gasteiger partial charge in [0.2, 0.25) is 0 Å². The third kappa shape index (κ3) is 4.26. The van der Waals surface area contributed by atoms with Crippen molar-refractivity contribution in [1.82, 2.24) is 14.5 Å². The van der Waals surface area contributed by atoms with E-state index in [1.807, 2.05) is 33.8 Å². The molecule has 0 fully saturated rings. The molecular formula is C22H25ClN4O4. The summed E-state index contributed by atoms with van der Waals surface area (Å²) in [5.41, 5.74) is 1.28. The van der Waals surface area contributed by atoms with Crippen LogP contribution >= 0.6 is 11.6 Å². The first-order valence-electron chi connectivity index (χ1n) is 9.75. The molecule has 0 spiro atoms. The van der Waals surface area contributed by atoms with Crippen LogP contribution in [0.1, 0.15) is 54.3 Å². The number of carboxylic acid groups (broad SMARTS) is 1. The number of fused-ring (bicyclic) bond motifs is 1. The van der Waals surface area contributed by atoms with E-state index in [1.165, 1.54) is 10.6 Å². The molecule has 0 bridgehead atoms. The number of anilines is 1. The summed E-state index contributed by atoms with van der Waals surface area (Å²) in [5.74, 6) is -0.741. The minimum atomic E-state index is -1.20. The van der Waals surface area contributed by atoms with Gasteiger partial charge in [0.25, 0.3) is 5.56 Å². The Morgan fingerprint density at radius 1 is 1.29 bits per heavy atom. The zero-order chi connectivity index (χ0) is 23.1. The number of halogens is 1. The number of aliphatic hydroxyl groups excluding tert-OH is 1. The Hall–Kier alpha value is -2.97. The topological polar surface area (TPSA) is 117 Å². The van der Waals surface area contributed by atoms with Gasteiger partial charge in [-0.25, -0.2) is 14.8 Å². The highest BCUT2D eigenvalue weighted by molar-refractivity contribution is 6.29. The molecule has 1 unspecified atom stereocenters. The van der Waals surface area contributed by atoms with Gasteiger partial charge in [-0.2, -0.15) is 0 Å². The van der Waals surface area contributed by atoms with Crippen molar-refractivity contribution < 1.29 is 15.0 Å². The summed E-state index contributed by atoms with van der Waals surface area (Å²) in [6.07, 6.45) is 0. The van der Waals surface area contributed by atoms with Gasteiger partial charge < -0.3 is 15.5 Å². The molecule has 31 heavy (non-hydrogen) atoms. The SMILES string of the molecule is Cc1cc(C(C)Nc2ccc(Cl)nc2C(=O)O)c2nc(C(C)(C)CO)n(C)c(=O)c2c1. The van der Waals surface area contributed by atoms with Gasteiger partial charge in [-0.15, -0.1) is 0 Å². The van der Waals surface area contributed by atoms with Gasteiger partial charge in [0.1, 0.15) is 11.0 Å². The number of aryl methyl sites for hydroxylation is 1. The summed E-state index contributed by atoms with van der Waals surface area (Å²) in [6.45, 7) is 7.19. The van der Waals surface area contributed by atoms with Crippen LogP contribution in [-0.4, -0.2) is 37.3 Å². The number of hydrogen-bond acceptors (Lipinski definition) is 6. The molecule has 0 radical (unpaired) electrons. The first-order valence-corrected chi connectivity index (χ1v) is 10.1. The van der Waals surface area contributed by atoms with E-state index in [4.69, 9.17) is 16.6 Å². The molecule has 0 saturated carbocycles. The summed E-state index contributed by atoms with van der Waals surface area (Å²) in [6, 6.07) is 6.36. The van der Waals surface area contributed by atoms with Crippen LogP contribution in [0.2, 0.25) is 5.15 Å². The fourth-order valence-corrected chi connectivity index (χ4v) is 3.73. The second-order valence-corrected chi connectivity index (χ2v) is 8.68. The van der Waals surface area contributed by atoms with Crippen molar-refractivity contribution in [3.63, 3.8) is 0 Å². The molecule has 1 aromatic carbocycles. The fourth-order valence-electron chi connectivity index (χ4n) is 3.58. The van der Waals surface area contributed by atoms with Crippen molar-refractivity contribution in [2.75, 3.05) is 11.9 Å². The highest BCUT2D eigenvalue weighted by atomic mass is 35.5. The largest absolute Gasteiger partial charge is 0.476 e. The third-order valence-electron chi connectivity index (χ3n) is 5.26. The van der Waals surface area contributed by atoms with E-state index in [1.54, 1.807) is 19.2 Å². The molecule has 1 atom stereocenters. The van der Waals surface area contributed by atoms with E-state index in [0.29, 0.717) is 22.4 Å². The van der Waals surface area contributed by atoms with E-state index >= 15 is 0 Å². The van der Waals surface area contributed by atoms with Crippen LogP contribution in [0.5, 0.6) is 0 Å². The Labute approximate surface area is 184 Å². The molecule has 0 aliphatic heterocycles. The Bertz CT molecular complexity index is 1240. The smallest absolute Gasteiger partial charge is 0.356 e. The lowest BCUT2D eigenvalue weighted by Gasteiger charge is -2.25. The Morgan fingerprint density at radius 3 is 2.58 bits per heavy atom. The predicted octanol–water partition coefficient (Wildman–Crippen LogP) is 3.43. The van der Waals surface area contributed by atoms with Gasteiger partial charge in [-0.3, -0.25) is 9.36 Å². The lowest BCUT2D eigenvalue weighted by molar-refractivity contribution is 0.0691. The lowest BCUT2D eigenvalue weighted by atomic mass is 9.92. The minimum absolute atomic E-state index is 0.0812. The van der Waals surface area contributed by atoms with Crippen LogP contribution in [0, 0.1) is 6.92 Å². The van der Waals surface area contributed by atoms with Gasteiger partial charge in [0, 0.05) is 18.0 Å². The van der Waals surface area contributed by atoms with Crippen molar-refractivity contribution >= 4 is 34.2 Å². The standard InChI is InChI=1S/C22H25ClN4O4/c1-11-8-13(12(2)24-15-6-7-16(23)25-18(15)20(30)31)17-14(9-11)19(29)27(5)21(26-17)22(3,4)10-28/h6-9,12,24,28H,10H2,1-5H3,(H,30,31). The molecule has 0 aliphatic rings. The number of hydrogen-bond donors (Lipinski definition) is 3. The average Bonchev–Trinajstić information content (AvgIpc) is 2.71. The number of nitrogens with one attached hydrogen (secondary N) is 1. The molecule has 8 nitrogen and oxygen atoms in total. The summed E-state index contributed by atoms with van der Waals surface area (Å²) >= 11 is 5.85. The van der Waals surface area contributed by atoms with Crippen LogP contribution in [0.15, 0.2) is 29.1 Å². The number of carbonyl (C=O) groups is 1. The number of aromatic nitrogens is 3. The second-order valence-electron chi connectivity index (χ2n) is 8.29. The van der Waals surface area contributed by atoms with Gasteiger partial charge in [-0.1, -0.05) is 31.5 Å². The van der Waals surface area contributed by atoms with Crippen LogP contribution in [0.4, 0.5) is 5.69 Å². The molecule has 164 valence electrons. The number of rotatable bonds is 6. The molecular weight excluding hydrogens is 420 g/mol. The zero-order valence-corrected chi connectivity index (χ0v) is 18.8. The molecule has 2 heterocycles. The Morgan fingerprint density at radius 2 is 1.97 bits per heavy atom. The average molecular weight is 445 g/mol. The minimum Gasteiger partial charge on any atom is -0.476 e. The quantitative estimate of drug-likeness (QED) is 0.498. The maximum atomic E-state index is 13.1. The molecule has 3 aromatic rings. The maximum absolute atomic E-state index is 13.1. The zero-order valence-electron chi connectivity index (χ0n) is 18.0. The fraction of sp³-hybridized carbons (Fsp3) is 0.364. The number of aliphatic hydroxyl groups is 1. The Kier molecular flexibility index (Phi) is 6.07. The van der Waals surface area contributed by atoms with E-state index in [0.717, 1.165) is 11.1 Å². The monoisotopic (exact) mass is 444 g/mol. The summed E-state index contributed by atoms with van der Waals surface area (Å²) in [4.78, 5) is 33.3. The van der Waals surface area contributed by atoms with Crippen molar-refractivity contribution in [1.29, 1.82) is 0 Å². The molecule has 0 aliphatic carbocycles. The maximum Gasteiger partial charge on any atom is 0.356 e. The first kappa shape index (κ1) is 22.7. The van der Waals surface area contributed by atoms with Crippen LogP contribution < -0.4 is 10.9 Å². The van der Waals surface area contributed by atoms with E-state index in [2.05, 4.69) is 10.3 Å². The molecule has 3 N–H and O–H groups in total. The van der Waals surface area contributed by atoms with Crippen LogP contribution in [-0.2, 0) is 12.5 Å². The van der Waals surface area contributed by atoms with E-state index < -0.39 is 17.4 Å². The number of benzene rings is 1. The van der Waals surface area contributed by atoms with Crippen molar-refractivity contribution in [2.45, 2.75) is 39.2 Å². The summed E-state index contributed by atoms with van der Waals surface area (Å²) in [7, 11) is 1.64. The normalized spacial score (nSPS) is 12.7. The number of aromatic carboxylic acids is 1. The van der Waals surface area contributed by atoms with Crippen LogP contribution in [0.3, 0.4) is 0 Å². The number of carboxylic acids is 1. The molecule has 2 aromatic heterocycles. The molecule has 3 rings (SSSR count). The summed E-state index contributed by atoms with van der Waals surface area (Å²) < 4.78 is 1.46. The number of pyridine rings is 1. The van der Waals surface area contributed by atoms with Gasteiger partial charge in [0.05, 0.1) is 29.2 Å².